The summed E-state index contributed by atoms with van der Waals surface area (Å²) >= 11 is 12.1. The Balaban J connectivity index is 1.82. The average Bonchev–Trinajstić information content (AvgIpc) is 2.51. The second-order valence-electron chi connectivity index (χ2n) is 5.15. The highest BCUT2D eigenvalue weighted by Crippen LogP contribution is 2.26. The number of halogens is 2. The molecule has 1 N–H and O–H groups in total. The molecule has 3 nitrogen and oxygen atoms in total. The van der Waals surface area contributed by atoms with Crippen molar-refractivity contribution >= 4 is 29.1 Å². The van der Waals surface area contributed by atoms with E-state index in [2.05, 4.69) is 5.32 Å². The maximum Gasteiger partial charge on any atom is 0.234 e. The number of likely N-dealkylation sites (N-methyl/N-ethyl adjacent to an activating group) is 1. The smallest absolute Gasteiger partial charge is 0.234 e. The molecule has 2 aromatic carbocycles. The van der Waals surface area contributed by atoms with Gasteiger partial charge in [0.15, 0.2) is 0 Å². The van der Waals surface area contributed by atoms with Gasteiger partial charge in [0.2, 0.25) is 5.91 Å². The minimum atomic E-state index is -0.0236. The first-order valence-corrected chi connectivity index (χ1v) is 7.74. The van der Waals surface area contributed by atoms with Crippen LogP contribution in [0.25, 0.3) is 0 Å². The predicted octanol–water partition coefficient (Wildman–Crippen LogP) is 3.74. The summed E-state index contributed by atoms with van der Waals surface area (Å²) in [7, 11) is 1.87. The topological polar surface area (TPSA) is 32.3 Å². The number of nitrogens with one attached hydrogen (secondary N) is 1. The van der Waals surface area contributed by atoms with E-state index in [-0.39, 0.29) is 5.91 Å². The molecule has 0 atom stereocenters. The number of hydrogen-bond donors (Lipinski definition) is 1. The largest absolute Gasteiger partial charge is 0.351 e. The van der Waals surface area contributed by atoms with Crippen molar-refractivity contribution in [3.05, 3.63) is 69.7 Å². The van der Waals surface area contributed by atoms with Crippen LogP contribution in [0.2, 0.25) is 10.0 Å². The average molecular weight is 337 g/mol. The van der Waals surface area contributed by atoms with Crippen molar-refractivity contribution in [1.29, 1.82) is 0 Å². The normalized spacial score (nSPS) is 10.7. The van der Waals surface area contributed by atoms with E-state index in [9.17, 15) is 4.79 Å². The summed E-state index contributed by atoms with van der Waals surface area (Å²) < 4.78 is 0. The van der Waals surface area contributed by atoms with E-state index in [1.54, 1.807) is 6.07 Å². The van der Waals surface area contributed by atoms with E-state index in [0.717, 1.165) is 11.1 Å². The van der Waals surface area contributed by atoms with Crippen LogP contribution in [0, 0.1) is 0 Å². The number of rotatable bonds is 6. The van der Waals surface area contributed by atoms with Crippen LogP contribution in [0.1, 0.15) is 11.1 Å². The van der Waals surface area contributed by atoms with Gasteiger partial charge < -0.3 is 5.32 Å². The summed E-state index contributed by atoms with van der Waals surface area (Å²) in [5.41, 5.74) is 1.99. The van der Waals surface area contributed by atoms with Gasteiger partial charge in [-0.3, -0.25) is 9.69 Å². The summed E-state index contributed by atoms with van der Waals surface area (Å²) in [6.45, 7) is 1.40. The van der Waals surface area contributed by atoms with Crippen molar-refractivity contribution in [2.75, 3.05) is 13.6 Å². The maximum absolute atomic E-state index is 12.0. The zero-order valence-electron chi connectivity index (χ0n) is 12.4. The number of benzene rings is 2. The standard InChI is InChI=1S/C17H18Cl2N2O/c1-21(11-14-8-5-9-15(18)17(14)19)12-16(22)20-10-13-6-3-2-4-7-13/h2-9H,10-12H2,1H3,(H,20,22). The summed E-state index contributed by atoms with van der Waals surface area (Å²) in [4.78, 5) is 13.9. The lowest BCUT2D eigenvalue weighted by Crippen LogP contribution is -2.34. The Morgan fingerprint density at radius 1 is 1.09 bits per heavy atom. The zero-order valence-corrected chi connectivity index (χ0v) is 13.9. The molecule has 5 heteroatoms. The highest BCUT2D eigenvalue weighted by molar-refractivity contribution is 6.42. The van der Waals surface area contributed by atoms with Gasteiger partial charge in [-0.15, -0.1) is 0 Å². The second-order valence-corrected chi connectivity index (χ2v) is 5.93. The third-order valence-electron chi connectivity index (χ3n) is 3.22. The molecule has 0 radical (unpaired) electrons. The Morgan fingerprint density at radius 3 is 2.55 bits per heavy atom. The monoisotopic (exact) mass is 336 g/mol. The summed E-state index contributed by atoms with van der Waals surface area (Å²) in [6, 6.07) is 15.3. The van der Waals surface area contributed by atoms with Crippen molar-refractivity contribution in [3.63, 3.8) is 0 Å². The lowest BCUT2D eigenvalue weighted by Gasteiger charge is -2.17. The van der Waals surface area contributed by atoms with Gasteiger partial charge in [-0.2, -0.15) is 0 Å². The predicted molar refractivity (Wildman–Crippen MR) is 91.1 cm³/mol. The summed E-state index contributed by atoms with van der Waals surface area (Å²) in [5.74, 6) is -0.0236. The van der Waals surface area contributed by atoms with Gasteiger partial charge in [0.05, 0.1) is 16.6 Å². The molecule has 0 unspecified atom stereocenters. The summed E-state index contributed by atoms with van der Waals surface area (Å²) in [6.07, 6.45) is 0. The van der Waals surface area contributed by atoms with E-state index in [1.165, 1.54) is 0 Å². The molecule has 0 aliphatic carbocycles. The molecule has 22 heavy (non-hydrogen) atoms. The maximum atomic E-state index is 12.0. The Kier molecular flexibility index (Phi) is 6.25. The van der Waals surface area contributed by atoms with Crippen LogP contribution in [0.4, 0.5) is 0 Å². The minimum absolute atomic E-state index is 0.0236. The van der Waals surface area contributed by atoms with Crippen molar-refractivity contribution in [3.8, 4) is 0 Å². The van der Waals surface area contributed by atoms with Crippen molar-refractivity contribution in [2.45, 2.75) is 13.1 Å². The van der Waals surface area contributed by atoms with Crippen LogP contribution >= 0.6 is 23.2 Å². The molecule has 2 rings (SSSR count). The lowest BCUT2D eigenvalue weighted by atomic mass is 10.2. The van der Waals surface area contributed by atoms with Gasteiger partial charge in [0.1, 0.15) is 0 Å². The first kappa shape index (κ1) is 16.8. The number of nitrogens with zero attached hydrogens (tertiary/aromatic N) is 1. The highest BCUT2D eigenvalue weighted by Gasteiger charge is 2.10. The molecule has 0 aromatic heterocycles. The van der Waals surface area contributed by atoms with Crippen LogP contribution in [-0.2, 0) is 17.9 Å². The van der Waals surface area contributed by atoms with E-state index in [4.69, 9.17) is 23.2 Å². The van der Waals surface area contributed by atoms with E-state index in [0.29, 0.717) is 29.7 Å². The van der Waals surface area contributed by atoms with Gasteiger partial charge in [0.25, 0.3) is 0 Å². The fourth-order valence-electron chi connectivity index (χ4n) is 2.11. The molecule has 0 spiro atoms. The number of amides is 1. The van der Waals surface area contributed by atoms with E-state index < -0.39 is 0 Å². The Bertz CT molecular complexity index is 632. The molecule has 0 saturated carbocycles. The van der Waals surface area contributed by atoms with Crippen LogP contribution in [0.15, 0.2) is 48.5 Å². The fraction of sp³-hybridized carbons (Fsp3) is 0.235. The molecular formula is C17H18Cl2N2O. The summed E-state index contributed by atoms with van der Waals surface area (Å²) in [5, 5.41) is 3.97. The molecule has 0 fully saturated rings. The van der Waals surface area contributed by atoms with E-state index >= 15 is 0 Å². The first-order valence-electron chi connectivity index (χ1n) is 6.98. The third-order valence-corrected chi connectivity index (χ3v) is 4.08. The van der Waals surface area contributed by atoms with Crippen LogP contribution in [-0.4, -0.2) is 24.4 Å². The molecule has 116 valence electrons. The first-order chi connectivity index (χ1) is 10.6. The lowest BCUT2D eigenvalue weighted by molar-refractivity contribution is -0.122. The zero-order chi connectivity index (χ0) is 15.9. The van der Waals surface area contributed by atoms with Crippen LogP contribution in [0.3, 0.4) is 0 Å². The highest BCUT2D eigenvalue weighted by atomic mass is 35.5. The van der Waals surface area contributed by atoms with Gasteiger partial charge in [-0.25, -0.2) is 0 Å². The molecule has 0 aliphatic rings. The quantitative estimate of drug-likeness (QED) is 0.871. The third kappa shape index (κ3) is 5.02. The van der Waals surface area contributed by atoms with Crippen molar-refractivity contribution in [1.82, 2.24) is 10.2 Å². The molecule has 0 heterocycles. The molecule has 0 saturated heterocycles. The van der Waals surface area contributed by atoms with Gasteiger partial charge in [0, 0.05) is 13.1 Å². The molecule has 0 bridgehead atoms. The molecular weight excluding hydrogens is 319 g/mol. The second kappa shape index (κ2) is 8.18. The van der Waals surface area contributed by atoms with Crippen LogP contribution < -0.4 is 5.32 Å². The van der Waals surface area contributed by atoms with Gasteiger partial charge >= 0.3 is 0 Å². The molecule has 1 amide bonds. The molecule has 2 aromatic rings. The fourth-order valence-corrected chi connectivity index (χ4v) is 2.49. The van der Waals surface area contributed by atoms with Crippen LogP contribution in [0.5, 0.6) is 0 Å². The van der Waals surface area contributed by atoms with Gasteiger partial charge in [-0.05, 0) is 24.2 Å². The Labute approximate surface area is 140 Å². The minimum Gasteiger partial charge on any atom is -0.351 e. The van der Waals surface area contributed by atoms with Gasteiger partial charge in [-0.1, -0.05) is 65.7 Å². The Hall–Kier alpha value is -1.55. The van der Waals surface area contributed by atoms with Crippen molar-refractivity contribution < 1.29 is 4.79 Å². The number of hydrogen-bond acceptors (Lipinski definition) is 2. The SMILES string of the molecule is CN(CC(=O)NCc1ccccc1)Cc1cccc(Cl)c1Cl. The van der Waals surface area contributed by atoms with E-state index in [1.807, 2.05) is 54.4 Å². The number of carbonyl (C=O) groups is 1. The van der Waals surface area contributed by atoms with Crippen molar-refractivity contribution in [2.24, 2.45) is 0 Å². The molecule has 0 aliphatic heterocycles. The Morgan fingerprint density at radius 2 is 1.82 bits per heavy atom. The number of carbonyl (C=O) groups excluding carboxylic acids is 1.